The third-order valence-corrected chi connectivity index (χ3v) is 4.40. The van der Waals surface area contributed by atoms with Crippen molar-refractivity contribution in [3.63, 3.8) is 0 Å². The van der Waals surface area contributed by atoms with Crippen LogP contribution in [0.4, 0.5) is 0 Å². The summed E-state index contributed by atoms with van der Waals surface area (Å²) in [5.74, 6) is 0.749. The van der Waals surface area contributed by atoms with E-state index in [1.54, 1.807) is 37.3 Å². The second-order valence-electron chi connectivity index (χ2n) is 6.23. The van der Waals surface area contributed by atoms with Gasteiger partial charge < -0.3 is 23.7 Å². The minimum Gasteiger partial charge on any atom is -0.508 e. The summed E-state index contributed by atoms with van der Waals surface area (Å²) < 4.78 is 21.0. The molecule has 2 aromatic carbocycles. The molecule has 7 heteroatoms. The van der Waals surface area contributed by atoms with Gasteiger partial charge in [-0.2, -0.15) is 0 Å². The maximum Gasteiger partial charge on any atom is 0.336 e. The topological polar surface area (TPSA) is 95.2 Å². The molecule has 1 aliphatic heterocycles. The second-order valence-corrected chi connectivity index (χ2v) is 6.23. The lowest BCUT2D eigenvalue weighted by Crippen LogP contribution is -2.06. The van der Waals surface area contributed by atoms with E-state index in [9.17, 15) is 14.7 Å². The van der Waals surface area contributed by atoms with Crippen LogP contribution in [0.2, 0.25) is 0 Å². The molecular formula is C21H16O7. The fourth-order valence-electron chi connectivity index (χ4n) is 2.91. The van der Waals surface area contributed by atoms with E-state index in [1.807, 2.05) is 0 Å². The zero-order valence-electron chi connectivity index (χ0n) is 14.9. The Morgan fingerprint density at radius 1 is 1.18 bits per heavy atom. The van der Waals surface area contributed by atoms with Crippen molar-refractivity contribution in [1.82, 2.24) is 0 Å². The first-order valence-electron chi connectivity index (χ1n) is 8.51. The third kappa shape index (κ3) is 3.42. The van der Waals surface area contributed by atoms with E-state index in [4.69, 9.17) is 18.6 Å². The molecule has 1 N–H and O–H groups in total. The highest BCUT2D eigenvalue weighted by atomic mass is 16.7. The van der Waals surface area contributed by atoms with Crippen LogP contribution in [0.3, 0.4) is 0 Å². The second kappa shape index (κ2) is 7.11. The summed E-state index contributed by atoms with van der Waals surface area (Å²) in [4.78, 5) is 23.9. The van der Waals surface area contributed by atoms with Gasteiger partial charge >= 0.3 is 11.6 Å². The summed E-state index contributed by atoms with van der Waals surface area (Å²) >= 11 is 0. The van der Waals surface area contributed by atoms with Crippen LogP contribution in [0, 0.1) is 6.92 Å². The van der Waals surface area contributed by atoms with Crippen LogP contribution in [0.5, 0.6) is 17.2 Å². The Balaban J connectivity index is 1.49. The SMILES string of the molecule is Cc1c(O)ccc2c(COC(=O)/C=C/c3ccc4c(c3)OCO4)cc(=O)oc12. The molecular weight excluding hydrogens is 364 g/mol. The van der Waals surface area contributed by atoms with Crippen molar-refractivity contribution >= 4 is 23.0 Å². The number of benzene rings is 2. The van der Waals surface area contributed by atoms with Crippen molar-refractivity contribution in [3.05, 3.63) is 69.6 Å². The highest BCUT2D eigenvalue weighted by Crippen LogP contribution is 2.33. The molecule has 142 valence electrons. The van der Waals surface area contributed by atoms with Crippen LogP contribution in [0.15, 0.2) is 51.7 Å². The van der Waals surface area contributed by atoms with Crippen LogP contribution in [0.25, 0.3) is 17.0 Å². The molecule has 0 saturated carbocycles. The van der Waals surface area contributed by atoms with E-state index in [1.165, 1.54) is 18.2 Å². The van der Waals surface area contributed by atoms with Crippen LogP contribution in [-0.2, 0) is 16.1 Å². The zero-order chi connectivity index (χ0) is 19.7. The first-order chi connectivity index (χ1) is 13.5. The van der Waals surface area contributed by atoms with Crippen molar-refractivity contribution in [3.8, 4) is 17.2 Å². The van der Waals surface area contributed by atoms with E-state index in [-0.39, 0.29) is 24.7 Å². The highest BCUT2D eigenvalue weighted by molar-refractivity contribution is 5.88. The molecule has 3 aromatic rings. The maximum atomic E-state index is 12.1. The first kappa shape index (κ1) is 17.7. The van der Waals surface area contributed by atoms with Gasteiger partial charge in [-0.25, -0.2) is 9.59 Å². The quantitative estimate of drug-likeness (QED) is 0.421. The minimum atomic E-state index is -0.580. The molecule has 2 heterocycles. The van der Waals surface area contributed by atoms with Crippen molar-refractivity contribution in [2.24, 2.45) is 0 Å². The number of ether oxygens (including phenoxy) is 3. The molecule has 0 bridgehead atoms. The Morgan fingerprint density at radius 3 is 2.86 bits per heavy atom. The van der Waals surface area contributed by atoms with Gasteiger partial charge in [0.1, 0.15) is 17.9 Å². The fraction of sp³-hybridized carbons (Fsp3) is 0.143. The van der Waals surface area contributed by atoms with Gasteiger partial charge in [-0.1, -0.05) is 6.07 Å². The van der Waals surface area contributed by atoms with E-state index >= 15 is 0 Å². The summed E-state index contributed by atoms with van der Waals surface area (Å²) in [6.07, 6.45) is 2.90. The molecule has 1 aliphatic rings. The van der Waals surface area contributed by atoms with E-state index in [0.717, 1.165) is 5.56 Å². The number of aryl methyl sites for hydroxylation is 1. The number of hydrogen-bond donors (Lipinski definition) is 1. The number of carbonyl (C=O) groups excluding carboxylic acids is 1. The van der Waals surface area contributed by atoms with Gasteiger partial charge in [0, 0.05) is 28.7 Å². The monoisotopic (exact) mass is 380 g/mol. The summed E-state index contributed by atoms with van der Waals surface area (Å²) in [6.45, 7) is 1.72. The molecule has 0 aliphatic carbocycles. The predicted molar refractivity (Wildman–Crippen MR) is 100 cm³/mol. The van der Waals surface area contributed by atoms with Gasteiger partial charge in [-0.3, -0.25) is 0 Å². The number of rotatable bonds is 4. The van der Waals surface area contributed by atoms with Gasteiger partial charge in [-0.15, -0.1) is 0 Å². The minimum absolute atomic E-state index is 0.0245. The molecule has 7 nitrogen and oxygen atoms in total. The van der Waals surface area contributed by atoms with Crippen molar-refractivity contribution in [2.75, 3.05) is 6.79 Å². The molecule has 0 atom stereocenters. The standard InChI is InChI=1S/C21H16O7/c1-12-16(22)5-4-15-14(9-20(24)28-21(12)15)10-25-19(23)7-3-13-2-6-17-18(8-13)27-11-26-17/h2-9,22H,10-11H2,1H3/b7-3+. The Bertz CT molecular complexity index is 1160. The van der Waals surface area contributed by atoms with E-state index in [0.29, 0.717) is 28.0 Å². The molecule has 4 rings (SSSR count). The zero-order valence-corrected chi connectivity index (χ0v) is 14.9. The number of aromatic hydroxyl groups is 1. The van der Waals surface area contributed by atoms with Crippen LogP contribution < -0.4 is 15.1 Å². The number of phenols is 1. The Morgan fingerprint density at radius 2 is 2.00 bits per heavy atom. The summed E-state index contributed by atoms with van der Waals surface area (Å²) in [5, 5.41) is 10.4. The van der Waals surface area contributed by atoms with Crippen LogP contribution >= 0.6 is 0 Å². The Labute approximate surface area is 159 Å². The first-order valence-corrected chi connectivity index (χ1v) is 8.51. The average molecular weight is 380 g/mol. The Hall–Kier alpha value is -3.74. The smallest absolute Gasteiger partial charge is 0.336 e. The molecule has 0 fully saturated rings. The lowest BCUT2D eigenvalue weighted by atomic mass is 10.1. The average Bonchev–Trinajstić information content (AvgIpc) is 3.15. The maximum absolute atomic E-state index is 12.1. The van der Waals surface area contributed by atoms with Crippen molar-refractivity contribution in [1.29, 1.82) is 0 Å². The van der Waals surface area contributed by atoms with Crippen LogP contribution in [0.1, 0.15) is 16.7 Å². The molecule has 28 heavy (non-hydrogen) atoms. The van der Waals surface area contributed by atoms with Crippen molar-refractivity contribution in [2.45, 2.75) is 13.5 Å². The lowest BCUT2D eigenvalue weighted by molar-refractivity contribution is -0.138. The number of hydrogen-bond acceptors (Lipinski definition) is 7. The largest absolute Gasteiger partial charge is 0.508 e. The third-order valence-electron chi connectivity index (χ3n) is 4.40. The summed E-state index contributed by atoms with van der Waals surface area (Å²) in [6, 6.07) is 9.71. The van der Waals surface area contributed by atoms with Gasteiger partial charge in [0.05, 0.1) is 0 Å². The molecule has 0 amide bonds. The molecule has 0 saturated heterocycles. The van der Waals surface area contributed by atoms with Gasteiger partial charge in [-0.05, 0) is 42.8 Å². The summed E-state index contributed by atoms with van der Waals surface area (Å²) in [7, 11) is 0. The number of phenolic OH excluding ortho intramolecular Hbond substituents is 1. The van der Waals surface area contributed by atoms with E-state index < -0.39 is 11.6 Å². The molecule has 0 radical (unpaired) electrons. The predicted octanol–water partition coefficient (Wildman–Crippen LogP) is 3.29. The van der Waals surface area contributed by atoms with Crippen molar-refractivity contribution < 1.29 is 28.5 Å². The van der Waals surface area contributed by atoms with Crippen LogP contribution in [-0.4, -0.2) is 17.9 Å². The normalized spacial score (nSPS) is 12.6. The fourth-order valence-corrected chi connectivity index (χ4v) is 2.91. The summed E-state index contributed by atoms with van der Waals surface area (Å²) in [5.41, 5.74) is 1.40. The Kier molecular flexibility index (Phi) is 4.49. The lowest BCUT2D eigenvalue weighted by Gasteiger charge is -2.08. The molecule has 0 unspecified atom stereocenters. The highest BCUT2D eigenvalue weighted by Gasteiger charge is 2.13. The number of fused-ring (bicyclic) bond motifs is 2. The molecule has 1 aromatic heterocycles. The molecule has 0 spiro atoms. The van der Waals surface area contributed by atoms with E-state index in [2.05, 4.69) is 0 Å². The number of carbonyl (C=O) groups is 1. The van der Waals surface area contributed by atoms with Gasteiger partial charge in [0.2, 0.25) is 6.79 Å². The number of esters is 1. The van der Waals surface area contributed by atoms with Gasteiger partial charge in [0.15, 0.2) is 11.5 Å². The van der Waals surface area contributed by atoms with Gasteiger partial charge in [0.25, 0.3) is 0 Å².